The van der Waals surface area contributed by atoms with Crippen LogP contribution in [0.4, 0.5) is 0 Å². The lowest BCUT2D eigenvalue weighted by atomic mass is 9.75. The van der Waals surface area contributed by atoms with Crippen molar-refractivity contribution in [1.82, 2.24) is 9.80 Å². The molecule has 0 spiro atoms. The van der Waals surface area contributed by atoms with Gasteiger partial charge in [-0.25, -0.2) is 0 Å². The van der Waals surface area contributed by atoms with Crippen LogP contribution in [0.5, 0.6) is 0 Å². The van der Waals surface area contributed by atoms with Gasteiger partial charge in [-0.15, -0.1) is 11.8 Å². The third-order valence-corrected chi connectivity index (χ3v) is 9.70. The summed E-state index contributed by atoms with van der Waals surface area (Å²) in [6, 6.07) is 1.55. The molecule has 2 nitrogen and oxygen atoms in total. The monoisotopic (exact) mass is 454 g/mol. The van der Waals surface area contributed by atoms with Gasteiger partial charge in [0.05, 0.1) is 5.37 Å². The van der Waals surface area contributed by atoms with Crippen molar-refractivity contribution in [3.63, 3.8) is 0 Å². The van der Waals surface area contributed by atoms with Crippen molar-refractivity contribution in [3.05, 3.63) is 47.7 Å². The first-order valence-electron chi connectivity index (χ1n) is 13.3. The predicted octanol–water partition coefficient (Wildman–Crippen LogP) is 7.70. The first kappa shape index (κ1) is 24.2. The lowest BCUT2D eigenvalue weighted by Gasteiger charge is -2.32. The van der Waals surface area contributed by atoms with Crippen LogP contribution in [0.1, 0.15) is 91.4 Å². The van der Waals surface area contributed by atoms with Gasteiger partial charge in [0, 0.05) is 24.4 Å². The molecule has 0 radical (unpaired) electrons. The summed E-state index contributed by atoms with van der Waals surface area (Å²) in [5.41, 5.74) is 3.31. The fourth-order valence-corrected chi connectivity index (χ4v) is 8.23. The Morgan fingerprint density at radius 2 is 1.81 bits per heavy atom. The third-order valence-electron chi connectivity index (χ3n) is 8.10. The molecule has 2 saturated carbocycles. The SMILES string of the molecule is CCN1C(/C=C/C=C2C=C(/C=C/N(C)C3CCCCC3)CC(C)(C)C/2)SC2CCCCC21. The molecule has 1 aliphatic heterocycles. The Morgan fingerprint density at radius 3 is 2.59 bits per heavy atom. The summed E-state index contributed by atoms with van der Waals surface area (Å²) in [5.74, 6) is 0. The van der Waals surface area contributed by atoms with Gasteiger partial charge in [0.2, 0.25) is 0 Å². The highest BCUT2D eigenvalue weighted by Gasteiger charge is 2.40. The molecule has 0 bridgehead atoms. The van der Waals surface area contributed by atoms with Gasteiger partial charge in [-0.1, -0.05) is 77.2 Å². The maximum atomic E-state index is 2.75. The van der Waals surface area contributed by atoms with E-state index in [1.165, 1.54) is 88.3 Å². The van der Waals surface area contributed by atoms with Crippen LogP contribution in [0.2, 0.25) is 0 Å². The smallest absolute Gasteiger partial charge is 0.0753 e. The Hall–Kier alpha value is -0.930. The first-order valence-corrected chi connectivity index (χ1v) is 14.3. The zero-order valence-corrected chi connectivity index (χ0v) is 21.9. The summed E-state index contributed by atoms with van der Waals surface area (Å²) in [4.78, 5) is 5.22. The van der Waals surface area contributed by atoms with Crippen molar-refractivity contribution in [2.45, 2.75) is 114 Å². The molecule has 0 amide bonds. The number of thioether (sulfide) groups is 1. The topological polar surface area (TPSA) is 6.48 Å². The van der Waals surface area contributed by atoms with Crippen LogP contribution in [0.15, 0.2) is 47.7 Å². The lowest BCUT2D eigenvalue weighted by molar-refractivity contribution is 0.194. The minimum absolute atomic E-state index is 0.337. The van der Waals surface area contributed by atoms with Crippen LogP contribution in [-0.4, -0.2) is 46.1 Å². The van der Waals surface area contributed by atoms with Crippen LogP contribution in [0.25, 0.3) is 0 Å². The molecule has 0 aromatic carbocycles. The van der Waals surface area contributed by atoms with Gasteiger partial charge in [-0.3, -0.25) is 4.90 Å². The molecule has 3 unspecified atom stereocenters. The second kappa shape index (κ2) is 11.0. The summed E-state index contributed by atoms with van der Waals surface area (Å²) >= 11 is 2.22. The third kappa shape index (κ3) is 6.14. The van der Waals surface area contributed by atoms with Gasteiger partial charge in [-0.05, 0) is 73.9 Å². The van der Waals surface area contributed by atoms with E-state index < -0.39 is 0 Å². The van der Waals surface area contributed by atoms with Gasteiger partial charge in [0.15, 0.2) is 0 Å². The molecule has 4 aliphatic rings. The van der Waals surface area contributed by atoms with Crippen LogP contribution < -0.4 is 0 Å². The molecule has 178 valence electrons. The van der Waals surface area contributed by atoms with Crippen molar-refractivity contribution in [3.8, 4) is 0 Å². The number of rotatable bonds is 6. The van der Waals surface area contributed by atoms with Crippen molar-refractivity contribution >= 4 is 11.8 Å². The van der Waals surface area contributed by atoms with E-state index >= 15 is 0 Å². The average Bonchev–Trinajstić information content (AvgIpc) is 3.14. The first-order chi connectivity index (χ1) is 15.4. The molecule has 0 aromatic heterocycles. The van der Waals surface area contributed by atoms with E-state index in [1.807, 2.05) is 0 Å². The van der Waals surface area contributed by atoms with E-state index in [-0.39, 0.29) is 0 Å². The number of fused-ring (bicyclic) bond motifs is 1. The Kier molecular flexibility index (Phi) is 8.32. The predicted molar refractivity (Wildman–Crippen MR) is 142 cm³/mol. The second-order valence-electron chi connectivity index (χ2n) is 11.4. The van der Waals surface area contributed by atoms with E-state index in [2.05, 4.69) is 86.0 Å². The molecule has 3 fully saturated rings. The van der Waals surface area contributed by atoms with Crippen molar-refractivity contribution < 1.29 is 0 Å². The molecule has 3 aliphatic carbocycles. The van der Waals surface area contributed by atoms with E-state index in [4.69, 9.17) is 0 Å². The molecule has 3 heteroatoms. The Balaban J connectivity index is 1.41. The van der Waals surface area contributed by atoms with Crippen molar-refractivity contribution in [2.24, 2.45) is 5.41 Å². The van der Waals surface area contributed by atoms with E-state index in [1.54, 1.807) is 0 Å². The van der Waals surface area contributed by atoms with E-state index in [0.717, 1.165) is 17.3 Å². The molecular weight excluding hydrogens is 408 g/mol. The highest BCUT2D eigenvalue weighted by molar-refractivity contribution is 8.00. The number of allylic oxidation sites excluding steroid dienone is 6. The van der Waals surface area contributed by atoms with Gasteiger partial charge in [-0.2, -0.15) is 0 Å². The van der Waals surface area contributed by atoms with E-state index in [0.29, 0.717) is 10.8 Å². The molecule has 0 aromatic rings. The molecular formula is C29H46N2S. The molecule has 1 saturated heterocycles. The van der Waals surface area contributed by atoms with E-state index in [9.17, 15) is 0 Å². The molecule has 32 heavy (non-hydrogen) atoms. The molecule has 1 heterocycles. The van der Waals surface area contributed by atoms with Gasteiger partial charge in [0.25, 0.3) is 0 Å². The molecule has 3 atom stereocenters. The van der Waals surface area contributed by atoms with Crippen LogP contribution >= 0.6 is 11.8 Å². The summed E-state index contributed by atoms with van der Waals surface area (Å²) in [7, 11) is 2.27. The standard InChI is InChI=1S/C29H46N2S/c1-5-31-26-15-9-10-16-27(26)32-28(31)17-11-12-23-20-24(22-29(2,3)21-23)18-19-30(4)25-13-7-6-8-14-25/h11-12,17-20,25-28H,5-10,13-16,21-22H2,1-4H3/b17-11+,19-18+,23-12-. The summed E-state index contributed by atoms with van der Waals surface area (Å²) in [6.45, 7) is 8.36. The zero-order chi connectivity index (χ0) is 22.6. The lowest BCUT2D eigenvalue weighted by Crippen LogP contribution is -2.39. The maximum absolute atomic E-state index is 2.75. The fraction of sp³-hybridized carbons (Fsp3) is 0.724. The van der Waals surface area contributed by atoms with Crippen molar-refractivity contribution in [2.75, 3.05) is 13.6 Å². The molecule has 0 N–H and O–H groups in total. The van der Waals surface area contributed by atoms with Gasteiger partial charge >= 0.3 is 0 Å². The van der Waals surface area contributed by atoms with Gasteiger partial charge in [0.1, 0.15) is 0 Å². The number of likely N-dealkylation sites (N-methyl/N-ethyl adjacent to an activating group) is 1. The van der Waals surface area contributed by atoms with Crippen molar-refractivity contribution in [1.29, 1.82) is 0 Å². The quantitative estimate of drug-likeness (QED) is 0.406. The van der Waals surface area contributed by atoms with Crippen LogP contribution in [0, 0.1) is 5.41 Å². The number of nitrogens with zero attached hydrogens (tertiary/aromatic N) is 2. The minimum Gasteiger partial charge on any atom is -0.377 e. The Morgan fingerprint density at radius 1 is 1.06 bits per heavy atom. The summed E-state index contributed by atoms with van der Waals surface area (Å²) < 4.78 is 0. The Bertz CT molecular complexity index is 740. The fourth-order valence-electron chi connectivity index (χ4n) is 6.45. The second-order valence-corrected chi connectivity index (χ2v) is 12.7. The maximum Gasteiger partial charge on any atom is 0.0753 e. The summed E-state index contributed by atoms with van der Waals surface area (Å²) in [6.07, 6.45) is 29.4. The van der Waals surface area contributed by atoms with Crippen LogP contribution in [0.3, 0.4) is 0 Å². The number of hydrogen-bond donors (Lipinski definition) is 0. The average molecular weight is 455 g/mol. The Labute approximate surface area is 202 Å². The zero-order valence-electron chi connectivity index (χ0n) is 21.1. The van der Waals surface area contributed by atoms with Gasteiger partial charge < -0.3 is 4.90 Å². The van der Waals surface area contributed by atoms with Crippen LogP contribution in [-0.2, 0) is 0 Å². The normalized spacial score (nSPS) is 33.2. The number of hydrogen-bond acceptors (Lipinski definition) is 3. The largest absolute Gasteiger partial charge is 0.377 e. The minimum atomic E-state index is 0.337. The highest BCUT2D eigenvalue weighted by Crippen LogP contribution is 2.43. The highest BCUT2D eigenvalue weighted by atomic mass is 32.2. The molecule has 4 rings (SSSR count). The summed E-state index contributed by atoms with van der Waals surface area (Å²) in [5, 5.41) is 1.42.